The lowest BCUT2D eigenvalue weighted by atomic mass is 9.79. The maximum absolute atomic E-state index is 13.1. The van der Waals surface area contributed by atoms with Crippen molar-refractivity contribution in [2.75, 3.05) is 23.8 Å². The molecule has 5 rings (SSSR count). The second-order valence-corrected chi connectivity index (χ2v) is 8.13. The first-order valence-corrected chi connectivity index (χ1v) is 10.6. The zero-order chi connectivity index (χ0) is 21.4. The van der Waals surface area contributed by atoms with Crippen LogP contribution in [0.5, 0.6) is 11.5 Å². The lowest BCUT2D eigenvalue weighted by molar-refractivity contribution is -0.119. The van der Waals surface area contributed by atoms with Gasteiger partial charge in [-0.25, -0.2) is 0 Å². The number of H-pyrrole nitrogens is 1. The van der Waals surface area contributed by atoms with Gasteiger partial charge in [0.1, 0.15) is 11.7 Å². The molecule has 3 aliphatic rings. The SMILES string of the molecule is N#CC1C(=O)Nc2nc(NC3CCCC3)[nH]c(=O)c2C1c1ccc2c(c1)OCCCO2. The van der Waals surface area contributed by atoms with Crippen LogP contribution in [0, 0.1) is 17.2 Å². The van der Waals surface area contributed by atoms with E-state index in [0.717, 1.165) is 32.1 Å². The molecule has 1 saturated carbocycles. The van der Waals surface area contributed by atoms with Crippen LogP contribution in [-0.2, 0) is 4.79 Å². The molecule has 0 radical (unpaired) electrons. The van der Waals surface area contributed by atoms with Gasteiger partial charge in [-0.15, -0.1) is 0 Å². The summed E-state index contributed by atoms with van der Waals surface area (Å²) in [5.41, 5.74) is 0.538. The number of nitrogens with one attached hydrogen (secondary N) is 3. The molecule has 9 heteroatoms. The molecule has 1 fully saturated rings. The quantitative estimate of drug-likeness (QED) is 0.694. The minimum atomic E-state index is -1.06. The van der Waals surface area contributed by atoms with Crippen LogP contribution in [0.4, 0.5) is 11.8 Å². The Morgan fingerprint density at radius 1 is 1.10 bits per heavy atom. The zero-order valence-electron chi connectivity index (χ0n) is 16.9. The Morgan fingerprint density at radius 2 is 1.87 bits per heavy atom. The second-order valence-electron chi connectivity index (χ2n) is 8.13. The number of carbonyl (C=O) groups is 1. The minimum Gasteiger partial charge on any atom is -0.490 e. The molecule has 0 bridgehead atoms. The highest BCUT2D eigenvalue weighted by Gasteiger charge is 2.40. The van der Waals surface area contributed by atoms with Gasteiger partial charge in [0.25, 0.3) is 5.56 Å². The maximum Gasteiger partial charge on any atom is 0.258 e. The average Bonchev–Trinajstić information content (AvgIpc) is 3.14. The van der Waals surface area contributed by atoms with E-state index in [-0.39, 0.29) is 23.0 Å². The van der Waals surface area contributed by atoms with Crippen LogP contribution in [0.25, 0.3) is 0 Å². The standard InChI is InChI=1S/C22H23N5O4/c23-11-14-17(12-6-7-15-16(10-12)31-9-3-8-30-15)18-19(25-20(14)28)26-22(27-21(18)29)24-13-4-1-2-5-13/h6-7,10,13-14,17H,1-5,8-9H2,(H3,24,25,26,27,28,29). The number of fused-ring (bicyclic) bond motifs is 2. The molecule has 2 unspecified atom stereocenters. The summed E-state index contributed by atoms with van der Waals surface area (Å²) in [5, 5.41) is 15.6. The number of hydrogen-bond acceptors (Lipinski definition) is 7. The van der Waals surface area contributed by atoms with E-state index in [1.165, 1.54) is 0 Å². The van der Waals surface area contributed by atoms with Crippen molar-refractivity contribution in [3.05, 3.63) is 39.7 Å². The van der Waals surface area contributed by atoms with Crippen molar-refractivity contribution in [1.82, 2.24) is 9.97 Å². The van der Waals surface area contributed by atoms with Crippen molar-refractivity contribution in [3.63, 3.8) is 0 Å². The predicted octanol–water partition coefficient (Wildman–Crippen LogP) is 2.51. The molecule has 2 atom stereocenters. The largest absolute Gasteiger partial charge is 0.490 e. The van der Waals surface area contributed by atoms with Crippen molar-refractivity contribution < 1.29 is 14.3 Å². The van der Waals surface area contributed by atoms with E-state index in [0.29, 0.717) is 36.2 Å². The number of aromatic amines is 1. The Hall–Kier alpha value is -3.54. The average molecular weight is 421 g/mol. The van der Waals surface area contributed by atoms with Gasteiger partial charge in [-0.2, -0.15) is 10.2 Å². The Kier molecular flexibility index (Phi) is 4.98. The zero-order valence-corrected chi connectivity index (χ0v) is 16.9. The van der Waals surface area contributed by atoms with Crippen LogP contribution < -0.4 is 25.7 Å². The van der Waals surface area contributed by atoms with E-state index in [4.69, 9.17) is 9.47 Å². The molecule has 2 aromatic rings. The maximum atomic E-state index is 13.1. The van der Waals surface area contributed by atoms with Gasteiger partial charge in [0, 0.05) is 18.4 Å². The third-order valence-corrected chi connectivity index (χ3v) is 6.09. The van der Waals surface area contributed by atoms with Crippen LogP contribution in [0.2, 0.25) is 0 Å². The highest BCUT2D eigenvalue weighted by Crippen LogP contribution is 2.41. The summed E-state index contributed by atoms with van der Waals surface area (Å²) < 4.78 is 11.4. The number of ether oxygens (including phenoxy) is 2. The lowest BCUT2D eigenvalue weighted by Crippen LogP contribution is -2.38. The predicted molar refractivity (Wildman–Crippen MR) is 112 cm³/mol. The van der Waals surface area contributed by atoms with Gasteiger partial charge < -0.3 is 20.1 Å². The summed E-state index contributed by atoms with van der Waals surface area (Å²) in [6, 6.07) is 7.59. The number of nitriles is 1. The molecule has 3 N–H and O–H groups in total. The number of rotatable bonds is 3. The van der Waals surface area contributed by atoms with Crippen molar-refractivity contribution in [1.29, 1.82) is 5.26 Å². The number of carbonyl (C=O) groups excluding carboxylic acids is 1. The molecule has 160 valence electrons. The smallest absolute Gasteiger partial charge is 0.258 e. The fraction of sp³-hybridized carbons (Fsp3) is 0.455. The van der Waals surface area contributed by atoms with E-state index >= 15 is 0 Å². The summed E-state index contributed by atoms with van der Waals surface area (Å²) in [6.45, 7) is 1.07. The van der Waals surface area contributed by atoms with Gasteiger partial charge in [0.15, 0.2) is 11.5 Å². The van der Waals surface area contributed by atoms with E-state index in [1.54, 1.807) is 18.2 Å². The molecule has 1 aromatic carbocycles. The topological polar surface area (TPSA) is 129 Å². The van der Waals surface area contributed by atoms with Gasteiger partial charge in [-0.3, -0.25) is 14.6 Å². The molecule has 2 aliphatic heterocycles. The van der Waals surface area contributed by atoms with Crippen molar-refractivity contribution in [2.24, 2.45) is 5.92 Å². The summed E-state index contributed by atoms with van der Waals surface area (Å²) in [6.07, 6.45) is 5.08. The fourth-order valence-corrected chi connectivity index (χ4v) is 4.58. The molecule has 1 aliphatic carbocycles. The number of hydrogen-bond donors (Lipinski definition) is 3. The summed E-state index contributed by atoms with van der Waals surface area (Å²) in [7, 11) is 0. The minimum absolute atomic E-state index is 0.192. The summed E-state index contributed by atoms with van der Waals surface area (Å²) in [4.78, 5) is 33.1. The first-order chi connectivity index (χ1) is 15.1. The molecule has 1 aromatic heterocycles. The molecular formula is C22H23N5O4. The number of benzene rings is 1. The second kappa shape index (κ2) is 7.95. The van der Waals surface area contributed by atoms with E-state index < -0.39 is 17.7 Å². The van der Waals surface area contributed by atoms with Gasteiger partial charge in [-0.1, -0.05) is 18.9 Å². The highest BCUT2D eigenvalue weighted by atomic mass is 16.5. The third kappa shape index (κ3) is 3.58. The monoisotopic (exact) mass is 421 g/mol. The fourth-order valence-electron chi connectivity index (χ4n) is 4.58. The van der Waals surface area contributed by atoms with E-state index in [9.17, 15) is 14.9 Å². The van der Waals surface area contributed by atoms with Crippen molar-refractivity contribution in [2.45, 2.75) is 44.1 Å². The molecule has 3 heterocycles. The number of aromatic nitrogens is 2. The van der Waals surface area contributed by atoms with Crippen LogP contribution in [0.3, 0.4) is 0 Å². The van der Waals surface area contributed by atoms with E-state index in [2.05, 4.69) is 26.7 Å². The third-order valence-electron chi connectivity index (χ3n) is 6.09. The van der Waals surface area contributed by atoms with Crippen LogP contribution in [0.1, 0.15) is 49.1 Å². The Balaban J connectivity index is 1.57. The van der Waals surface area contributed by atoms with E-state index in [1.807, 2.05) is 0 Å². The lowest BCUT2D eigenvalue weighted by Gasteiger charge is -2.29. The van der Waals surface area contributed by atoms with Gasteiger partial charge in [-0.05, 0) is 30.5 Å². The summed E-state index contributed by atoms with van der Waals surface area (Å²) in [5.74, 6) is -0.614. The highest BCUT2D eigenvalue weighted by molar-refractivity contribution is 5.98. The summed E-state index contributed by atoms with van der Waals surface area (Å²) >= 11 is 0. The number of nitrogens with zero attached hydrogens (tertiary/aromatic N) is 2. The molecule has 1 amide bonds. The number of amides is 1. The Bertz CT molecular complexity index is 1120. The van der Waals surface area contributed by atoms with Gasteiger partial charge in [0.05, 0.1) is 24.8 Å². The molecular weight excluding hydrogens is 398 g/mol. The van der Waals surface area contributed by atoms with Crippen LogP contribution in [0.15, 0.2) is 23.0 Å². The van der Waals surface area contributed by atoms with Crippen molar-refractivity contribution in [3.8, 4) is 17.6 Å². The molecule has 0 spiro atoms. The molecule has 31 heavy (non-hydrogen) atoms. The van der Waals surface area contributed by atoms with Crippen molar-refractivity contribution >= 4 is 17.7 Å². The normalized spacial score (nSPS) is 22.7. The van der Waals surface area contributed by atoms with Crippen LogP contribution in [-0.4, -0.2) is 35.1 Å². The first kappa shape index (κ1) is 19.4. The Morgan fingerprint density at radius 3 is 2.65 bits per heavy atom. The molecule has 0 saturated heterocycles. The first-order valence-electron chi connectivity index (χ1n) is 10.6. The Labute approximate surface area is 178 Å². The van der Waals surface area contributed by atoms with Crippen LogP contribution >= 0.6 is 0 Å². The van der Waals surface area contributed by atoms with Gasteiger partial charge >= 0.3 is 0 Å². The number of anilines is 2. The van der Waals surface area contributed by atoms with Gasteiger partial charge in [0.2, 0.25) is 11.9 Å². The molecule has 9 nitrogen and oxygen atoms in total.